The van der Waals surface area contributed by atoms with Crippen molar-refractivity contribution < 1.29 is 19.2 Å². The Hall–Kier alpha value is -4.31. The Morgan fingerprint density at radius 2 is 1.75 bits per heavy atom. The number of rotatable bonds is 10. The SMILES string of the molecule is COc1ccc(C(=O)NCCn2cc(SCC(=O)Nc3ccc([N+](=O)[O-])cc3)c3ccccc32)cc1. The number of aromatic nitrogens is 1. The van der Waals surface area contributed by atoms with Crippen molar-refractivity contribution in [1.29, 1.82) is 0 Å². The maximum Gasteiger partial charge on any atom is 0.269 e. The van der Waals surface area contributed by atoms with Crippen LogP contribution in [-0.4, -0.2) is 40.7 Å². The molecule has 0 fully saturated rings. The molecule has 0 saturated heterocycles. The van der Waals surface area contributed by atoms with Gasteiger partial charge in [-0.2, -0.15) is 0 Å². The van der Waals surface area contributed by atoms with Crippen LogP contribution in [0.2, 0.25) is 0 Å². The van der Waals surface area contributed by atoms with Crippen molar-refractivity contribution in [2.24, 2.45) is 0 Å². The third-order valence-electron chi connectivity index (χ3n) is 5.46. The summed E-state index contributed by atoms with van der Waals surface area (Å²) in [5.41, 5.74) is 2.04. The van der Waals surface area contributed by atoms with Gasteiger partial charge in [-0.15, -0.1) is 11.8 Å². The molecule has 2 N–H and O–H groups in total. The number of para-hydroxylation sites is 1. The fraction of sp³-hybridized carbons (Fsp3) is 0.154. The molecule has 9 nitrogen and oxygen atoms in total. The molecule has 4 rings (SSSR count). The standard InChI is InChI=1S/C26H24N4O5S/c1-35-21-12-6-18(7-13-21)26(32)27-14-15-29-16-24(22-4-2-3-5-23(22)29)36-17-25(31)28-19-8-10-20(11-9-19)30(33)34/h2-13,16H,14-15,17H2,1H3,(H,27,32)(H,28,31). The molecule has 0 radical (unpaired) electrons. The normalized spacial score (nSPS) is 10.7. The number of ether oxygens (including phenoxy) is 1. The summed E-state index contributed by atoms with van der Waals surface area (Å²) < 4.78 is 7.18. The zero-order valence-corrected chi connectivity index (χ0v) is 20.3. The molecular formula is C26H24N4O5S. The largest absolute Gasteiger partial charge is 0.497 e. The number of nitro groups is 1. The second-order valence-corrected chi connectivity index (χ2v) is 8.85. The van der Waals surface area contributed by atoms with E-state index in [0.717, 1.165) is 15.8 Å². The van der Waals surface area contributed by atoms with E-state index in [-0.39, 0.29) is 23.3 Å². The van der Waals surface area contributed by atoms with Gasteiger partial charge >= 0.3 is 0 Å². The van der Waals surface area contributed by atoms with Gasteiger partial charge in [-0.1, -0.05) is 18.2 Å². The van der Waals surface area contributed by atoms with Gasteiger partial charge in [-0.3, -0.25) is 19.7 Å². The first kappa shape index (κ1) is 24.8. The third kappa shape index (κ3) is 6.02. The van der Waals surface area contributed by atoms with Gasteiger partial charge in [-0.05, 0) is 42.5 Å². The van der Waals surface area contributed by atoms with Crippen LogP contribution in [0.1, 0.15) is 10.4 Å². The van der Waals surface area contributed by atoms with Crippen LogP contribution in [0.3, 0.4) is 0 Å². The third-order valence-corrected chi connectivity index (χ3v) is 6.51. The van der Waals surface area contributed by atoms with Crippen LogP contribution in [0.4, 0.5) is 11.4 Å². The monoisotopic (exact) mass is 504 g/mol. The number of benzene rings is 3. The van der Waals surface area contributed by atoms with E-state index in [4.69, 9.17) is 4.74 Å². The molecule has 2 amide bonds. The maximum atomic E-state index is 12.4. The van der Waals surface area contributed by atoms with Gasteiger partial charge in [0.25, 0.3) is 11.6 Å². The Bertz CT molecular complexity index is 1380. The van der Waals surface area contributed by atoms with Crippen molar-refractivity contribution >= 4 is 45.9 Å². The molecule has 3 aromatic carbocycles. The lowest BCUT2D eigenvalue weighted by Gasteiger charge is -2.08. The molecule has 0 atom stereocenters. The number of thioether (sulfide) groups is 1. The Morgan fingerprint density at radius 3 is 2.44 bits per heavy atom. The van der Waals surface area contributed by atoms with Crippen molar-refractivity contribution in [3.63, 3.8) is 0 Å². The lowest BCUT2D eigenvalue weighted by atomic mass is 10.2. The minimum absolute atomic E-state index is 0.0321. The van der Waals surface area contributed by atoms with E-state index in [1.165, 1.54) is 36.0 Å². The van der Waals surface area contributed by atoms with E-state index in [1.54, 1.807) is 31.4 Å². The molecular weight excluding hydrogens is 480 g/mol. The quantitative estimate of drug-likeness (QED) is 0.183. The number of amides is 2. The number of hydrogen-bond acceptors (Lipinski definition) is 6. The highest BCUT2D eigenvalue weighted by molar-refractivity contribution is 8.00. The van der Waals surface area contributed by atoms with Crippen LogP contribution in [0.15, 0.2) is 83.9 Å². The molecule has 184 valence electrons. The van der Waals surface area contributed by atoms with Gasteiger partial charge in [0.2, 0.25) is 5.91 Å². The van der Waals surface area contributed by atoms with Crippen molar-refractivity contribution in [3.05, 3.63) is 94.7 Å². The number of nitrogens with zero attached hydrogens (tertiary/aromatic N) is 2. The Balaban J connectivity index is 1.35. The number of methoxy groups -OCH3 is 1. The molecule has 10 heteroatoms. The molecule has 0 aliphatic rings. The second kappa shape index (κ2) is 11.4. The fourth-order valence-corrected chi connectivity index (χ4v) is 4.54. The lowest BCUT2D eigenvalue weighted by Crippen LogP contribution is -2.27. The van der Waals surface area contributed by atoms with Crippen LogP contribution >= 0.6 is 11.8 Å². The average molecular weight is 505 g/mol. The van der Waals surface area contributed by atoms with Gasteiger partial charge in [0, 0.05) is 58.5 Å². The summed E-state index contributed by atoms with van der Waals surface area (Å²) in [6.45, 7) is 1.01. The van der Waals surface area contributed by atoms with Gasteiger partial charge < -0.3 is 19.9 Å². The summed E-state index contributed by atoms with van der Waals surface area (Å²) in [4.78, 5) is 36.1. The van der Waals surface area contributed by atoms with Crippen LogP contribution in [0, 0.1) is 10.1 Å². The highest BCUT2D eigenvalue weighted by atomic mass is 32.2. The lowest BCUT2D eigenvalue weighted by molar-refractivity contribution is -0.384. The highest BCUT2D eigenvalue weighted by Gasteiger charge is 2.12. The number of carbonyl (C=O) groups excluding carboxylic acids is 2. The molecule has 0 unspecified atom stereocenters. The summed E-state index contributed by atoms with van der Waals surface area (Å²) in [7, 11) is 1.58. The Kier molecular flexibility index (Phi) is 7.86. The van der Waals surface area contributed by atoms with Crippen molar-refractivity contribution in [2.75, 3.05) is 24.7 Å². The molecule has 4 aromatic rings. The van der Waals surface area contributed by atoms with E-state index in [2.05, 4.69) is 15.2 Å². The van der Waals surface area contributed by atoms with Gasteiger partial charge in [0.05, 0.1) is 17.8 Å². The number of anilines is 1. The maximum absolute atomic E-state index is 12.4. The van der Waals surface area contributed by atoms with E-state index in [0.29, 0.717) is 30.1 Å². The van der Waals surface area contributed by atoms with Gasteiger partial charge in [-0.25, -0.2) is 0 Å². The summed E-state index contributed by atoms with van der Waals surface area (Å²) in [5.74, 6) is 0.500. The predicted molar refractivity (Wildman–Crippen MR) is 140 cm³/mol. The summed E-state index contributed by atoms with van der Waals surface area (Å²) >= 11 is 1.41. The van der Waals surface area contributed by atoms with Crippen LogP contribution in [0.5, 0.6) is 5.75 Å². The molecule has 0 saturated carbocycles. The van der Waals surface area contributed by atoms with E-state index in [9.17, 15) is 19.7 Å². The topological polar surface area (TPSA) is 116 Å². The van der Waals surface area contributed by atoms with E-state index < -0.39 is 4.92 Å². The summed E-state index contributed by atoms with van der Waals surface area (Å²) in [6, 6.07) is 20.5. The Morgan fingerprint density at radius 1 is 1.03 bits per heavy atom. The number of nitrogens with one attached hydrogen (secondary N) is 2. The van der Waals surface area contributed by atoms with Crippen LogP contribution in [-0.2, 0) is 11.3 Å². The Labute approximate surface area is 211 Å². The van der Waals surface area contributed by atoms with E-state index >= 15 is 0 Å². The van der Waals surface area contributed by atoms with Crippen molar-refractivity contribution in [1.82, 2.24) is 9.88 Å². The highest BCUT2D eigenvalue weighted by Crippen LogP contribution is 2.30. The minimum atomic E-state index is -0.484. The first-order chi connectivity index (χ1) is 17.4. The molecule has 0 spiro atoms. The smallest absolute Gasteiger partial charge is 0.269 e. The molecule has 0 bridgehead atoms. The van der Waals surface area contributed by atoms with Gasteiger partial charge in [0.1, 0.15) is 5.75 Å². The number of carbonyl (C=O) groups is 2. The number of non-ortho nitro benzene ring substituents is 1. The van der Waals surface area contributed by atoms with Crippen molar-refractivity contribution in [2.45, 2.75) is 11.4 Å². The number of nitro benzene ring substituents is 1. The first-order valence-electron chi connectivity index (χ1n) is 11.1. The molecule has 1 heterocycles. The molecule has 0 aliphatic carbocycles. The molecule has 36 heavy (non-hydrogen) atoms. The molecule has 0 aliphatic heterocycles. The predicted octanol–water partition coefficient (Wildman–Crippen LogP) is 4.72. The average Bonchev–Trinajstić information content (AvgIpc) is 3.25. The fourth-order valence-electron chi connectivity index (χ4n) is 3.65. The number of hydrogen-bond donors (Lipinski definition) is 2. The van der Waals surface area contributed by atoms with Crippen LogP contribution in [0.25, 0.3) is 10.9 Å². The molecule has 1 aromatic heterocycles. The first-order valence-corrected chi connectivity index (χ1v) is 12.1. The van der Waals surface area contributed by atoms with Gasteiger partial charge in [0.15, 0.2) is 0 Å². The van der Waals surface area contributed by atoms with Crippen molar-refractivity contribution in [3.8, 4) is 5.75 Å². The number of fused-ring (bicyclic) bond motifs is 1. The summed E-state index contributed by atoms with van der Waals surface area (Å²) in [5, 5.41) is 17.5. The zero-order chi connectivity index (χ0) is 25.5. The summed E-state index contributed by atoms with van der Waals surface area (Å²) in [6.07, 6.45) is 1.98. The minimum Gasteiger partial charge on any atom is -0.497 e. The van der Waals surface area contributed by atoms with E-state index in [1.807, 2.05) is 30.5 Å². The zero-order valence-electron chi connectivity index (χ0n) is 19.5. The second-order valence-electron chi connectivity index (χ2n) is 7.83. The van der Waals surface area contributed by atoms with Crippen LogP contribution < -0.4 is 15.4 Å².